The molecule has 0 amide bonds. The molecule has 0 unspecified atom stereocenters. The fourth-order valence-corrected chi connectivity index (χ4v) is 3.78. The molecule has 0 aliphatic carbocycles. The van der Waals surface area contributed by atoms with Crippen molar-refractivity contribution in [3.63, 3.8) is 0 Å². The summed E-state index contributed by atoms with van der Waals surface area (Å²) >= 11 is 0. The Morgan fingerprint density at radius 2 is 1.79 bits per heavy atom. The van der Waals surface area contributed by atoms with E-state index in [1.54, 1.807) is 4.52 Å². The van der Waals surface area contributed by atoms with E-state index in [4.69, 9.17) is 4.98 Å². The minimum atomic E-state index is -0.182. The number of fused-ring (bicyclic) bond motifs is 1. The van der Waals surface area contributed by atoms with Gasteiger partial charge in [0.05, 0.1) is 0 Å². The van der Waals surface area contributed by atoms with Crippen LogP contribution in [-0.2, 0) is 5.41 Å². The monoisotopic (exact) mass is 394 g/mol. The van der Waals surface area contributed by atoms with Crippen LogP contribution >= 0.6 is 0 Å². The van der Waals surface area contributed by atoms with Crippen LogP contribution in [0.15, 0.2) is 35.1 Å². The Bertz CT molecular complexity index is 1020. The van der Waals surface area contributed by atoms with Crippen molar-refractivity contribution < 1.29 is 0 Å². The summed E-state index contributed by atoms with van der Waals surface area (Å²) in [5, 5.41) is 6.18. The van der Waals surface area contributed by atoms with E-state index in [-0.39, 0.29) is 11.0 Å². The molecule has 4 rings (SSSR count). The highest BCUT2D eigenvalue weighted by Gasteiger charge is 2.15. The Balaban J connectivity index is 1.59. The van der Waals surface area contributed by atoms with Crippen molar-refractivity contribution in [1.82, 2.24) is 24.5 Å². The van der Waals surface area contributed by atoms with E-state index in [1.165, 1.54) is 30.9 Å². The number of hydrogen-bond acceptors (Lipinski definition) is 5. The van der Waals surface area contributed by atoms with Gasteiger partial charge >= 0.3 is 0 Å². The second-order valence-corrected chi connectivity index (χ2v) is 8.84. The topological polar surface area (TPSA) is 78.3 Å². The van der Waals surface area contributed by atoms with E-state index in [2.05, 4.69) is 65.3 Å². The number of likely N-dealkylation sites (tertiary alicyclic amines) is 1. The highest BCUT2D eigenvalue weighted by atomic mass is 16.1. The fourth-order valence-electron chi connectivity index (χ4n) is 3.78. The molecule has 3 aromatic rings. The molecule has 154 valence electrons. The van der Waals surface area contributed by atoms with E-state index in [0.29, 0.717) is 17.4 Å². The third kappa shape index (κ3) is 4.50. The lowest BCUT2D eigenvalue weighted by molar-refractivity contribution is 0.237. The smallest absolute Gasteiger partial charge is 0.266 e. The number of rotatable bonds is 5. The van der Waals surface area contributed by atoms with Gasteiger partial charge in [-0.2, -0.15) is 4.98 Å². The van der Waals surface area contributed by atoms with Gasteiger partial charge in [0.1, 0.15) is 0 Å². The van der Waals surface area contributed by atoms with Gasteiger partial charge in [-0.05, 0) is 36.9 Å². The van der Waals surface area contributed by atoms with Crippen LogP contribution in [-0.4, -0.2) is 50.7 Å². The molecule has 2 aromatic heterocycles. The Morgan fingerprint density at radius 1 is 1.07 bits per heavy atom. The molecular weight excluding hydrogens is 364 g/mol. The first kappa shape index (κ1) is 19.6. The van der Waals surface area contributed by atoms with Gasteiger partial charge in [-0.1, -0.05) is 51.5 Å². The highest BCUT2D eigenvalue weighted by Crippen LogP contribution is 2.25. The van der Waals surface area contributed by atoms with Gasteiger partial charge in [-0.3, -0.25) is 9.89 Å². The Kier molecular flexibility index (Phi) is 5.41. The summed E-state index contributed by atoms with van der Waals surface area (Å²) in [5.74, 6) is 1.23. The maximum atomic E-state index is 11.9. The van der Waals surface area contributed by atoms with Crippen molar-refractivity contribution in [2.45, 2.75) is 45.4 Å². The number of benzene rings is 1. The van der Waals surface area contributed by atoms with Crippen molar-refractivity contribution in [1.29, 1.82) is 0 Å². The van der Waals surface area contributed by atoms with Gasteiger partial charge in [0, 0.05) is 24.7 Å². The fraction of sp³-hybridized carbons (Fsp3) is 0.500. The van der Waals surface area contributed by atoms with Crippen LogP contribution in [0.3, 0.4) is 0 Å². The molecule has 0 radical (unpaired) electrons. The van der Waals surface area contributed by atoms with E-state index in [0.717, 1.165) is 31.7 Å². The average Bonchev–Trinajstić information content (AvgIpc) is 3.08. The van der Waals surface area contributed by atoms with Crippen LogP contribution in [0, 0.1) is 0 Å². The summed E-state index contributed by atoms with van der Waals surface area (Å²) < 4.78 is 1.63. The maximum Gasteiger partial charge on any atom is 0.266 e. The van der Waals surface area contributed by atoms with Crippen molar-refractivity contribution in [2.24, 2.45) is 0 Å². The average molecular weight is 395 g/mol. The number of H-pyrrole nitrogens is 1. The number of hydrogen-bond donors (Lipinski definition) is 2. The maximum absolute atomic E-state index is 11.9. The molecular formula is C22H30N6O. The zero-order valence-electron chi connectivity index (χ0n) is 17.5. The predicted octanol–water partition coefficient (Wildman–Crippen LogP) is 3.28. The zero-order chi connectivity index (χ0) is 20.4. The third-order valence-corrected chi connectivity index (χ3v) is 5.52. The summed E-state index contributed by atoms with van der Waals surface area (Å²) in [6.45, 7) is 10.6. The normalized spacial score (nSPS) is 15.7. The van der Waals surface area contributed by atoms with E-state index in [1.807, 2.05) is 0 Å². The van der Waals surface area contributed by atoms with Gasteiger partial charge in [0.2, 0.25) is 5.95 Å². The lowest BCUT2D eigenvalue weighted by Gasteiger charge is -2.26. The van der Waals surface area contributed by atoms with Crippen molar-refractivity contribution in [3.05, 3.63) is 46.2 Å². The van der Waals surface area contributed by atoms with Crippen LogP contribution in [0.4, 0.5) is 5.95 Å². The SMILES string of the molecule is CC(C)(C)c1ccc(-c2nc(NCCN3CCCCC3)n3[nH]c(=O)cc3n2)cc1. The first-order chi connectivity index (χ1) is 13.9. The number of nitrogens with zero attached hydrogens (tertiary/aromatic N) is 4. The zero-order valence-corrected chi connectivity index (χ0v) is 17.5. The second kappa shape index (κ2) is 7.99. The predicted molar refractivity (Wildman–Crippen MR) is 117 cm³/mol. The number of piperidine rings is 1. The first-order valence-corrected chi connectivity index (χ1v) is 10.5. The van der Waals surface area contributed by atoms with Crippen LogP contribution < -0.4 is 10.9 Å². The molecule has 0 atom stereocenters. The highest BCUT2D eigenvalue weighted by molar-refractivity contribution is 5.60. The lowest BCUT2D eigenvalue weighted by Crippen LogP contribution is -2.34. The van der Waals surface area contributed by atoms with Gasteiger partial charge in [0.25, 0.3) is 5.56 Å². The minimum Gasteiger partial charge on any atom is -0.353 e. The van der Waals surface area contributed by atoms with Gasteiger partial charge < -0.3 is 10.2 Å². The number of aromatic nitrogens is 4. The molecule has 1 aliphatic rings. The Labute approximate surface area is 171 Å². The molecule has 1 saturated heterocycles. The lowest BCUT2D eigenvalue weighted by atomic mass is 9.87. The first-order valence-electron chi connectivity index (χ1n) is 10.5. The van der Waals surface area contributed by atoms with Gasteiger partial charge in [-0.25, -0.2) is 9.50 Å². The van der Waals surface area contributed by atoms with Crippen LogP contribution in [0.25, 0.3) is 17.0 Å². The molecule has 1 aliphatic heterocycles. The van der Waals surface area contributed by atoms with Crippen molar-refractivity contribution in [3.8, 4) is 11.4 Å². The summed E-state index contributed by atoms with van der Waals surface area (Å²) in [5.41, 5.74) is 2.69. The molecule has 7 heteroatoms. The number of aromatic amines is 1. The molecule has 1 aromatic carbocycles. The second-order valence-electron chi connectivity index (χ2n) is 8.84. The van der Waals surface area contributed by atoms with Crippen LogP contribution in [0.5, 0.6) is 0 Å². The summed E-state index contributed by atoms with van der Waals surface area (Å²) in [4.78, 5) is 23.7. The van der Waals surface area contributed by atoms with E-state index in [9.17, 15) is 4.79 Å². The van der Waals surface area contributed by atoms with Gasteiger partial charge in [-0.15, -0.1) is 0 Å². The van der Waals surface area contributed by atoms with Crippen LogP contribution in [0.1, 0.15) is 45.6 Å². The Hall–Kier alpha value is -2.67. The summed E-state index contributed by atoms with van der Waals surface area (Å²) in [6, 6.07) is 9.85. The molecule has 0 spiro atoms. The van der Waals surface area contributed by atoms with E-state index < -0.39 is 0 Å². The molecule has 29 heavy (non-hydrogen) atoms. The van der Waals surface area contributed by atoms with Crippen molar-refractivity contribution >= 4 is 11.6 Å². The largest absolute Gasteiger partial charge is 0.353 e. The molecule has 1 fully saturated rings. The Morgan fingerprint density at radius 3 is 2.48 bits per heavy atom. The quantitative estimate of drug-likeness (QED) is 0.694. The summed E-state index contributed by atoms with van der Waals surface area (Å²) in [7, 11) is 0. The van der Waals surface area contributed by atoms with E-state index >= 15 is 0 Å². The molecule has 7 nitrogen and oxygen atoms in total. The number of anilines is 1. The molecule has 3 heterocycles. The molecule has 0 bridgehead atoms. The van der Waals surface area contributed by atoms with Gasteiger partial charge in [0.15, 0.2) is 11.5 Å². The summed E-state index contributed by atoms with van der Waals surface area (Å²) in [6.07, 6.45) is 3.88. The third-order valence-electron chi connectivity index (χ3n) is 5.52. The molecule has 0 saturated carbocycles. The minimum absolute atomic E-state index is 0.0957. The standard InChI is InChI=1S/C22H30N6O/c1-22(2,3)17-9-7-16(8-10-17)20-24-18-15-19(29)26-28(18)21(25-20)23-11-14-27-12-5-4-6-13-27/h7-10,15H,4-6,11-14H2,1-3H3,(H,26,29)(H,23,24,25). The molecule has 2 N–H and O–H groups in total. The van der Waals surface area contributed by atoms with Crippen molar-refractivity contribution in [2.75, 3.05) is 31.5 Å². The number of nitrogens with one attached hydrogen (secondary N) is 2. The van der Waals surface area contributed by atoms with Crippen LogP contribution in [0.2, 0.25) is 0 Å².